The summed E-state index contributed by atoms with van der Waals surface area (Å²) in [5, 5.41) is 11.3. The van der Waals surface area contributed by atoms with Crippen molar-refractivity contribution < 1.29 is 18.1 Å². The van der Waals surface area contributed by atoms with Crippen LogP contribution in [-0.2, 0) is 10.0 Å². The topological polar surface area (TPSA) is 98.5 Å². The smallest absolute Gasteiger partial charge is 0.273 e. The molecule has 23 heavy (non-hydrogen) atoms. The molecular weight excluding hydrogens is 344 g/mol. The van der Waals surface area contributed by atoms with Crippen LogP contribution in [0.3, 0.4) is 0 Å². The number of nitro groups is 1. The number of hydrogen-bond acceptors (Lipinski definition) is 5. The van der Waals surface area contributed by atoms with Crippen molar-refractivity contribution in [2.24, 2.45) is 0 Å². The fraction of sp³-hybridized carbons (Fsp3) is 0.143. The van der Waals surface area contributed by atoms with Crippen molar-refractivity contribution in [1.82, 2.24) is 0 Å². The number of anilines is 1. The van der Waals surface area contributed by atoms with Crippen LogP contribution in [0.4, 0.5) is 11.4 Å². The van der Waals surface area contributed by atoms with Crippen LogP contribution in [0.1, 0.15) is 5.56 Å². The molecule has 2 aromatic carbocycles. The minimum Gasteiger partial charge on any atom is -0.495 e. The fourth-order valence-electron chi connectivity index (χ4n) is 2.05. The molecule has 0 atom stereocenters. The average Bonchev–Trinajstić information content (AvgIpc) is 2.46. The monoisotopic (exact) mass is 356 g/mol. The molecule has 0 fully saturated rings. The summed E-state index contributed by atoms with van der Waals surface area (Å²) in [6.07, 6.45) is 0. The number of rotatable bonds is 5. The number of methoxy groups -OCH3 is 1. The molecule has 0 aliphatic rings. The second kappa shape index (κ2) is 6.43. The zero-order valence-electron chi connectivity index (χ0n) is 12.2. The molecule has 0 saturated heterocycles. The van der Waals surface area contributed by atoms with Crippen LogP contribution >= 0.6 is 11.6 Å². The van der Waals surface area contributed by atoms with Gasteiger partial charge in [0.25, 0.3) is 15.7 Å². The molecule has 2 rings (SSSR count). The lowest BCUT2D eigenvalue weighted by Gasteiger charge is -2.13. The number of halogens is 1. The van der Waals surface area contributed by atoms with Gasteiger partial charge in [-0.25, -0.2) is 8.42 Å². The van der Waals surface area contributed by atoms with E-state index in [1.165, 1.54) is 44.4 Å². The predicted octanol–water partition coefficient (Wildman–Crippen LogP) is 3.37. The number of nitrogens with zero attached hydrogens (tertiary/aromatic N) is 1. The third kappa shape index (κ3) is 3.54. The summed E-state index contributed by atoms with van der Waals surface area (Å²) in [6, 6.07) is 8.31. The van der Waals surface area contributed by atoms with Gasteiger partial charge >= 0.3 is 0 Å². The Morgan fingerprint density at radius 1 is 1.26 bits per heavy atom. The maximum Gasteiger partial charge on any atom is 0.273 e. The van der Waals surface area contributed by atoms with E-state index >= 15 is 0 Å². The second-order valence-corrected chi connectivity index (χ2v) is 6.69. The van der Waals surface area contributed by atoms with Crippen molar-refractivity contribution in [3.05, 3.63) is 57.1 Å². The lowest BCUT2D eigenvalue weighted by molar-refractivity contribution is -0.385. The summed E-state index contributed by atoms with van der Waals surface area (Å²) in [4.78, 5) is 10.1. The second-order valence-electron chi connectivity index (χ2n) is 4.61. The Labute approximate surface area is 138 Å². The quantitative estimate of drug-likeness (QED) is 0.654. The van der Waals surface area contributed by atoms with Gasteiger partial charge in [-0.2, -0.15) is 0 Å². The van der Waals surface area contributed by atoms with Crippen LogP contribution in [0.25, 0.3) is 0 Å². The third-order valence-corrected chi connectivity index (χ3v) is 4.89. The highest BCUT2D eigenvalue weighted by molar-refractivity contribution is 7.92. The Morgan fingerprint density at radius 2 is 1.96 bits per heavy atom. The van der Waals surface area contributed by atoms with Gasteiger partial charge in [0.05, 0.1) is 22.6 Å². The van der Waals surface area contributed by atoms with Gasteiger partial charge in [-0.05, 0) is 31.2 Å². The average molecular weight is 357 g/mol. The maximum absolute atomic E-state index is 12.5. The van der Waals surface area contributed by atoms with Crippen LogP contribution in [0, 0.1) is 17.0 Å². The summed E-state index contributed by atoms with van der Waals surface area (Å²) in [6.45, 7) is 1.38. The lowest BCUT2D eigenvalue weighted by atomic mass is 10.2. The summed E-state index contributed by atoms with van der Waals surface area (Å²) >= 11 is 5.87. The van der Waals surface area contributed by atoms with Crippen LogP contribution in [-0.4, -0.2) is 20.5 Å². The molecule has 0 aromatic heterocycles. The van der Waals surface area contributed by atoms with E-state index in [1.807, 2.05) is 0 Å². The lowest BCUT2D eigenvalue weighted by Crippen LogP contribution is -2.15. The number of ether oxygens (including phenoxy) is 1. The Balaban J connectivity index is 2.51. The minimum atomic E-state index is -4.04. The molecule has 0 radical (unpaired) electrons. The summed E-state index contributed by atoms with van der Waals surface area (Å²) in [5.41, 5.74) is -0.0807. The first-order valence-electron chi connectivity index (χ1n) is 6.36. The zero-order valence-corrected chi connectivity index (χ0v) is 13.8. The molecular formula is C14H13ClN2O5S. The Kier molecular flexibility index (Phi) is 4.76. The number of benzene rings is 2. The van der Waals surface area contributed by atoms with E-state index < -0.39 is 14.9 Å². The minimum absolute atomic E-state index is 0.0472. The predicted molar refractivity (Wildman–Crippen MR) is 86.6 cm³/mol. The van der Waals surface area contributed by atoms with Gasteiger partial charge in [-0.15, -0.1) is 0 Å². The zero-order chi connectivity index (χ0) is 17.2. The van der Waals surface area contributed by atoms with E-state index in [1.54, 1.807) is 6.07 Å². The highest BCUT2D eigenvalue weighted by atomic mass is 35.5. The maximum atomic E-state index is 12.5. The van der Waals surface area contributed by atoms with Crippen molar-refractivity contribution >= 4 is 33.0 Å². The Hall–Kier alpha value is -2.32. The number of nitro benzene ring substituents is 1. The van der Waals surface area contributed by atoms with Crippen LogP contribution in [0.2, 0.25) is 5.02 Å². The van der Waals surface area contributed by atoms with E-state index in [0.29, 0.717) is 5.02 Å². The largest absolute Gasteiger partial charge is 0.495 e. The van der Waals surface area contributed by atoms with Gasteiger partial charge in [0.15, 0.2) is 0 Å². The van der Waals surface area contributed by atoms with Gasteiger partial charge in [0, 0.05) is 16.7 Å². The SMILES string of the molecule is COc1ccc(Cl)cc1NS(=O)(=O)c1cccc([N+](=O)[O-])c1C. The van der Waals surface area contributed by atoms with E-state index in [9.17, 15) is 18.5 Å². The molecule has 0 unspecified atom stereocenters. The third-order valence-electron chi connectivity index (χ3n) is 3.15. The standard InChI is InChI=1S/C14H13ClN2O5S/c1-9-12(17(18)19)4-3-5-14(9)23(20,21)16-11-8-10(15)6-7-13(11)22-2/h3-8,16H,1-2H3. The first-order chi connectivity index (χ1) is 10.8. The van der Waals surface area contributed by atoms with E-state index in [-0.39, 0.29) is 27.6 Å². The van der Waals surface area contributed by atoms with Gasteiger partial charge in [-0.3, -0.25) is 14.8 Å². The van der Waals surface area contributed by atoms with Gasteiger partial charge < -0.3 is 4.74 Å². The molecule has 0 spiro atoms. The van der Waals surface area contributed by atoms with Gasteiger partial charge in [0.2, 0.25) is 0 Å². The molecule has 0 amide bonds. The molecule has 0 saturated carbocycles. The van der Waals surface area contributed by atoms with Crippen LogP contribution < -0.4 is 9.46 Å². The van der Waals surface area contributed by atoms with E-state index in [2.05, 4.69) is 4.72 Å². The number of nitrogens with one attached hydrogen (secondary N) is 1. The summed E-state index contributed by atoms with van der Waals surface area (Å²) < 4.78 is 32.5. The molecule has 9 heteroatoms. The van der Waals surface area contributed by atoms with Crippen molar-refractivity contribution in [1.29, 1.82) is 0 Å². The molecule has 1 N–H and O–H groups in total. The molecule has 2 aromatic rings. The highest BCUT2D eigenvalue weighted by Crippen LogP contribution is 2.31. The van der Waals surface area contributed by atoms with Crippen molar-refractivity contribution in [2.75, 3.05) is 11.8 Å². The molecule has 0 aliphatic carbocycles. The van der Waals surface area contributed by atoms with Gasteiger partial charge in [0.1, 0.15) is 5.75 Å². The molecule has 0 aliphatic heterocycles. The summed E-state index contributed by atoms with van der Waals surface area (Å²) in [5.74, 6) is 0.279. The van der Waals surface area contributed by atoms with Crippen LogP contribution in [0.15, 0.2) is 41.3 Å². The van der Waals surface area contributed by atoms with Crippen molar-refractivity contribution in [2.45, 2.75) is 11.8 Å². The normalized spacial score (nSPS) is 11.1. The van der Waals surface area contributed by atoms with Crippen LogP contribution in [0.5, 0.6) is 5.75 Å². The summed E-state index contributed by atoms with van der Waals surface area (Å²) in [7, 11) is -2.65. The Bertz CT molecular complexity index is 867. The first kappa shape index (κ1) is 17.0. The molecule has 0 heterocycles. The van der Waals surface area contributed by atoms with E-state index in [4.69, 9.17) is 16.3 Å². The van der Waals surface area contributed by atoms with E-state index in [0.717, 1.165) is 0 Å². The molecule has 0 bridgehead atoms. The van der Waals surface area contributed by atoms with Crippen molar-refractivity contribution in [3.63, 3.8) is 0 Å². The van der Waals surface area contributed by atoms with Gasteiger partial charge in [-0.1, -0.05) is 17.7 Å². The molecule has 122 valence electrons. The number of sulfonamides is 1. The number of hydrogen-bond donors (Lipinski definition) is 1. The fourth-order valence-corrected chi connectivity index (χ4v) is 3.55. The first-order valence-corrected chi connectivity index (χ1v) is 8.22. The van der Waals surface area contributed by atoms with Crippen molar-refractivity contribution in [3.8, 4) is 5.75 Å². The molecule has 7 nitrogen and oxygen atoms in total. The highest BCUT2D eigenvalue weighted by Gasteiger charge is 2.24. The Morgan fingerprint density at radius 3 is 2.57 bits per heavy atom.